The van der Waals surface area contributed by atoms with Gasteiger partial charge in [-0.2, -0.15) is 0 Å². The van der Waals surface area contributed by atoms with Crippen molar-refractivity contribution < 1.29 is 22.8 Å². The van der Waals surface area contributed by atoms with Gasteiger partial charge < -0.3 is 9.47 Å². The number of methoxy groups -OCH3 is 2. The molecule has 0 amide bonds. The molecule has 0 saturated carbocycles. The predicted octanol–water partition coefficient (Wildman–Crippen LogP) is 2.40. The Hall–Kier alpha value is -2.65. The minimum Gasteiger partial charge on any atom is -0.497 e. The highest BCUT2D eigenvalue weighted by atomic mass is 32.2. The van der Waals surface area contributed by atoms with Crippen molar-refractivity contribution in [2.24, 2.45) is 0 Å². The molecule has 2 rings (SSSR count). The van der Waals surface area contributed by atoms with E-state index in [1.165, 1.54) is 26.4 Å². The average molecular weight is 366 g/mol. The normalized spacial score (nSPS) is 11.2. The molecular formula is C16H18N2O6S. The van der Waals surface area contributed by atoms with E-state index < -0.39 is 14.9 Å². The Bertz CT molecular complexity index is 895. The molecule has 1 N–H and O–H groups in total. The largest absolute Gasteiger partial charge is 0.497 e. The van der Waals surface area contributed by atoms with Gasteiger partial charge in [0, 0.05) is 29.8 Å². The standard InChI is InChI=1S/C16H18N2O6S/c1-11-4-7-14(9-15(11)18(19)20)25(21,22)17-10-12-5-6-13(23-2)8-16(12)24-3/h4-9,17H,10H2,1-3H3. The Morgan fingerprint density at radius 2 is 1.84 bits per heavy atom. The van der Waals surface area contributed by atoms with Gasteiger partial charge in [0.05, 0.1) is 24.0 Å². The van der Waals surface area contributed by atoms with Gasteiger partial charge in [-0.15, -0.1) is 0 Å². The van der Waals surface area contributed by atoms with Crippen LogP contribution in [0.1, 0.15) is 11.1 Å². The summed E-state index contributed by atoms with van der Waals surface area (Å²) >= 11 is 0. The zero-order chi connectivity index (χ0) is 18.6. The van der Waals surface area contributed by atoms with Gasteiger partial charge in [0.25, 0.3) is 5.69 Å². The molecule has 0 atom stereocenters. The zero-order valence-electron chi connectivity index (χ0n) is 14.0. The smallest absolute Gasteiger partial charge is 0.273 e. The first-order valence-electron chi connectivity index (χ1n) is 7.24. The lowest BCUT2D eigenvalue weighted by molar-refractivity contribution is -0.385. The fraction of sp³-hybridized carbons (Fsp3) is 0.250. The van der Waals surface area contributed by atoms with Gasteiger partial charge in [0.1, 0.15) is 11.5 Å². The molecule has 0 aliphatic carbocycles. The molecule has 0 unspecified atom stereocenters. The number of ether oxygens (including phenoxy) is 2. The third kappa shape index (κ3) is 4.25. The minimum atomic E-state index is -3.91. The van der Waals surface area contributed by atoms with Crippen LogP contribution in [0.4, 0.5) is 5.69 Å². The maximum atomic E-state index is 12.4. The molecule has 0 aromatic heterocycles. The van der Waals surface area contributed by atoms with Crippen molar-refractivity contribution in [3.8, 4) is 11.5 Å². The molecule has 0 heterocycles. The molecule has 134 valence electrons. The lowest BCUT2D eigenvalue weighted by atomic mass is 10.2. The van der Waals surface area contributed by atoms with Crippen LogP contribution in [0.25, 0.3) is 0 Å². The summed E-state index contributed by atoms with van der Waals surface area (Å²) in [5.74, 6) is 1.05. The second kappa shape index (κ2) is 7.49. The van der Waals surface area contributed by atoms with Crippen LogP contribution in [0.3, 0.4) is 0 Å². The van der Waals surface area contributed by atoms with Gasteiger partial charge in [-0.1, -0.05) is 12.1 Å². The molecule has 8 nitrogen and oxygen atoms in total. The van der Waals surface area contributed by atoms with Crippen LogP contribution in [-0.4, -0.2) is 27.6 Å². The number of aryl methyl sites for hydroxylation is 1. The summed E-state index contributed by atoms with van der Waals surface area (Å²) < 4.78 is 37.6. The molecule has 0 bridgehead atoms. The van der Waals surface area contributed by atoms with E-state index in [4.69, 9.17) is 9.47 Å². The van der Waals surface area contributed by atoms with Crippen molar-refractivity contribution in [2.45, 2.75) is 18.4 Å². The number of sulfonamides is 1. The van der Waals surface area contributed by atoms with E-state index in [0.29, 0.717) is 22.6 Å². The molecule has 0 fully saturated rings. The third-order valence-corrected chi connectivity index (χ3v) is 5.03. The summed E-state index contributed by atoms with van der Waals surface area (Å²) in [7, 11) is -0.929. The highest BCUT2D eigenvalue weighted by Crippen LogP contribution is 2.26. The van der Waals surface area contributed by atoms with Gasteiger partial charge in [0.15, 0.2) is 0 Å². The summed E-state index contributed by atoms with van der Waals surface area (Å²) in [4.78, 5) is 10.2. The van der Waals surface area contributed by atoms with Gasteiger partial charge in [0.2, 0.25) is 10.0 Å². The number of hydrogen-bond acceptors (Lipinski definition) is 6. The van der Waals surface area contributed by atoms with Crippen LogP contribution in [0.15, 0.2) is 41.3 Å². The van der Waals surface area contributed by atoms with E-state index >= 15 is 0 Å². The summed E-state index contributed by atoms with van der Waals surface area (Å²) in [5, 5.41) is 11.0. The van der Waals surface area contributed by atoms with Crippen LogP contribution < -0.4 is 14.2 Å². The first-order valence-corrected chi connectivity index (χ1v) is 8.72. The first-order chi connectivity index (χ1) is 11.8. The monoisotopic (exact) mass is 366 g/mol. The Balaban J connectivity index is 2.25. The fourth-order valence-corrected chi connectivity index (χ4v) is 3.23. The van der Waals surface area contributed by atoms with Crippen molar-refractivity contribution in [1.82, 2.24) is 4.72 Å². The highest BCUT2D eigenvalue weighted by Gasteiger charge is 2.20. The average Bonchev–Trinajstić information content (AvgIpc) is 2.59. The summed E-state index contributed by atoms with van der Waals surface area (Å²) in [6.45, 7) is 1.52. The van der Waals surface area contributed by atoms with Crippen molar-refractivity contribution in [3.63, 3.8) is 0 Å². The molecule has 2 aromatic carbocycles. The van der Waals surface area contributed by atoms with Gasteiger partial charge in [-0.3, -0.25) is 10.1 Å². The molecule has 0 aliphatic rings. The lowest BCUT2D eigenvalue weighted by Gasteiger charge is -2.12. The number of benzene rings is 2. The van der Waals surface area contributed by atoms with E-state index in [9.17, 15) is 18.5 Å². The van der Waals surface area contributed by atoms with E-state index in [1.54, 1.807) is 25.1 Å². The molecule has 0 aliphatic heterocycles. The zero-order valence-corrected chi connectivity index (χ0v) is 14.8. The lowest BCUT2D eigenvalue weighted by Crippen LogP contribution is -2.23. The van der Waals surface area contributed by atoms with Crippen LogP contribution in [0.5, 0.6) is 11.5 Å². The quantitative estimate of drug-likeness (QED) is 0.595. The van der Waals surface area contributed by atoms with Crippen molar-refractivity contribution in [3.05, 3.63) is 57.6 Å². The molecule has 0 spiro atoms. The molecule has 0 saturated heterocycles. The molecule has 2 aromatic rings. The summed E-state index contributed by atoms with van der Waals surface area (Å²) in [6, 6.07) is 8.78. The second-order valence-electron chi connectivity index (χ2n) is 5.21. The third-order valence-electron chi connectivity index (χ3n) is 3.63. The van der Waals surface area contributed by atoms with E-state index in [1.807, 2.05) is 0 Å². The Morgan fingerprint density at radius 1 is 1.12 bits per heavy atom. The van der Waals surface area contributed by atoms with Crippen molar-refractivity contribution in [2.75, 3.05) is 14.2 Å². The predicted molar refractivity (Wildman–Crippen MR) is 91.4 cm³/mol. The number of nitro groups is 1. The number of rotatable bonds is 7. The minimum absolute atomic E-state index is 0.0306. The SMILES string of the molecule is COc1ccc(CNS(=O)(=O)c2ccc(C)c([N+](=O)[O-])c2)c(OC)c1. The first kappa shape index (κ1) is 18.7. The molecular weight excluding hydrogens is 348 g/mol. The van der Waals surface area contributed by atoms with Crippen molar-refractivity contribution in [1.29, 1.82) is 0 Å². The molecule has 0 radical (unpaired) electrons. The van der Waals surface area contributed by atoms with Crippen LogP contribution >= 0.6 is 0 Å². The number of hydrogen-bond donors (Lipinski definition) is 1. The van der Waals surface area contributed by atoms with Crippen LogP contribution in [-0.2, 0) is 16.6 Å². The second-order valence-corrected chi connectivity index (χ2v) is 6.97. The Morgan fingerprint density at radius 3 is 2.44 bits per heavy atom. The molecule has 25 heavy (non-hydrogen) atoms. The molecule has 9 heteroatoms. The number of nitrogens with zero attached hydrogens (tertiary/aromatic N) is 1. The van der Waals surface area contributed by atoms with Crippen molar-refractivity contribution >= 4 is 15.7 Å². The summed E-state index contributed by atoms with van der Waals surface area (Å²) in [5.41, 5.74) is 0.749. The van der Waals surface area contributed by atoms with Crippen LogP contribution in [0, 0.1) is 17.0 Å². The van der Waals surface area contributed by atoms with E-state index in [2.05, 4.69) is 4.72 Å². The highest BCUT2D eigenvalue weighted by molar-refractivity contribution is 7.89. The van der Waals surface area contributed by atoms with E-state index in [-0.39, 0.29) is 17.1 Å². The van der Waals surface area contributed by atoms with Gasteiger partial charge in [-0.25, -0.2) is 13.1 Å². The maximum Gasteiger partial charge on any atom is 0.273 e. The van der Waals surface area contributed by atoms with E-state index in [0.717, 1.165) is 6.07 Å². The van der Waals surface area contributed by atoms with Gasteiger partial charge >= 0.3 is 0 Å². The Kier molecular flexibility index (Phi) is 5.60. The fourth-order valence-electron chi connectivity index (χ4n) is 2.21. The number of nitrogens with one attached hydrogen (secondary N) is 1. The van der Waals surface area contributed by atoms with Gasteiger partial charge in [-0.05, 0) is 19.1 Å². The Labute approximate surface area is 145 Å². The number of nitro benzene ring substituents is 1. The topological polar surface area (TPSA) is 108 Å². The van der Waals surface area contributed by atoms with Crippen LogP contribution in [0.2, 0.25) is 0 Å². The summed E-state index contributed by atoms with van der Waals surface area (Å²) in [6.07, 6.45) is 0. The maximum absolute atomic E-state index is 12.4.